The van der Waals surface area contributed by atoms with Gasteiger partial charge in [-0.25, -0.2) is 0 Å². The van der Waals surface area contributed by atoms with E-state index < -0.39 is 5.54 Å². The number of aliphatic hydroxyl groups excluding tert-OH is 2. The first-order valence-electron chi connectivity index (χ1n) is 7.19. The van der Waals surface area contributed by atoms with Gasteiger partial charge in [-0.1, -0.05) is 6.92 Å². The van der Waals surface area contributed by atoms with E-state index in [0.717, 1.165) is 28.0 Å². The van der Waals surface area contributed by atoms with Crippen molar-refractivity contribution >= 4 is 15.9 Å². The van der Waals surface area contributed by atoms with Crippen molar-refractivity contribution in [3.63, 3.8) is 0 Å². The molecule has 0 atom stereocenters. The lowest BCUT2D eigenvalue weighted by Crippen LogP contribution is -2.50. The number of hydrogen-bond donors (Lipinski definition) is 3. The third-order valence-corrected chi connectivity index (χ3v) is 4.40. The van der Waals surface area contributed by atoms with Crippen molar-refractivity contribution in [2.75, 3.05) is 26.4 Å². The number of nitrogens with one attached hydrogen (secondary N) is 1. The molecule has 21 heavy (non-hydrogen) atoms. The molecule has 3 N–H and O–H groups in total. The standard InChI is InChI=1S/C15H22BrNO4/c1-2-15(9-18,10-19)17-8-11-6-12(16)14-13(7-11)20-4-3-5-21-14/h6-7,17-19H,2-5,8-10H2,1H3. The van der Waals surface area contributed by atoms with Crippen LogP contribution in [0.1, 0.15) is 25.3 Å². The van der Waals surface area contributed by atoms with Crippen molar-refractivity contribution in [1.29, 1.82) is 0 Å². The van der Waals surface area contributed by atoms with Crippen LogP contribution in [0.5, 0.6) is 11.5 Å². The molecule has 2 rings (SSSR count). The van der Waals surface area contributed by atoms with Gasteiger partial charge in [0.2, 0.25) is 0 Å². The Bertz CT molecular complexity index is 469. The summed E-state index contributed by atoms with van der Waals surface area (Å²) < 4.78 is 12.2. The second-order valence-corrected chi connectivity index (χ2v) is 6.11. The fourth-order valence-corrected chi connectivity index (χ4v) is 2.79. The van der Waals surface area contributed by atoms with Crippen LogP contribution >= 0.6 is 15.9 Å². The Kier molecular flexibility index (Phi) is 5.87. The largest absolute Gasteiger partial charge is 0.490 e. The Hall–Kier alpha value is -0.820. The van der Waals surface area contributed by atoms with Gasteiger partial charge in [0.05, 0.1) is 36.4 Å². The molecule has 0 amide bonds. The molecule has 1 aliphatic heterocycles. The van der Waals surface area contributed by atoms with Crippen LogP contribution in [0, 0.1) is 0 Å². The van der Waals surface area contributed by atoms with Gasteiger partial charge >= 0.3 is 0 Å². The summed E-state index contributed by atoms with van der Waals surface area (Å²) in [6.07, 6.45) is 1.51. The first-order valence-corrected chi connectivity index (χ1v) is 7.98. The molecule has 0 aromatic heterocycles. The van der Waals surface area contributed by atoms with Crippen LogP contribution in [0.3, 0.4) is 0 Å². The van der Waals surface area contributed by atoms with Gasteiger partial charge in [0, 0.05) is 13.0 Å². The van der Waals surface area contributed by atoms with Gasteiger partial charge in [-0.3, -0.25) is 0 Å². The van der Waals surface area contributed by atoms with E-state index in [1.54, 1.807) is 0 Å². The Labute approximate surface area is 133 Å². The molecule has 1 heterocycles. The quantitative estimate of drug-likeness (QED) is 0.722. The van der Waals surface area contributed by atoms with Gasteiger partial charge in [-0.2, -0.15) is 0 Å². The summed E-state index contributed by atoms with van der Waals surface area (Å²) in [5.74, 6) is 1.47. The molecular weight excluding hydrogens is 338 g/mol. The van der Waals surface area contributed by atoms with Crippen molar-refractivity contribution in [1.82, 2.24) is 5.32 Å². The highest BCUT2D eigenvalue weighted by Gasteiger charge is 2.26. The van der Waals surface area contributed by atoms with Gasteiger partial charge in [-0.15, -0.1) is 0 Å². The average molecular weight is 360 g/mol. The molecule has 1 aliphatic rings. The van der Waals surface area contributed by atoms with Crippen LogP contribution in [0.15, 0.2) is 16.6 Å². The third kappa shape index (κ3) is 3.88. The summed E-state index contributed by atoms with van der Waals surface area (Å²) >= 11 is 3.51. The van der Waals surface area contributed by atoms with E-state index in [4.69, 9.17) is 9.47 Å². The molecule has 0 fully saturated rings. The highest BCUT2D eigenvalue weighted by atomic mass is 79.9. The summed E-state index contributed by atoms with van der Waals surface area (Å²) in [4.78, 5) is 0. The van der Waals surface area contributed by atoms with Crippen molar-refractivity contribution in [3.8, 4) is 11.5 Å². The second-order valence-electron chi connectivity index (χ2n) is 5.26. The smallest absolute Gasteiger partial charge is 0.175 e. The SMILES string of the molecule is CCC(CO)(CO)NCc1cc(Br)c2c(c1)OCCCO2. The van der Waals surface area contributed by atoms with Gasteiger partial charge in [0.25, 0.3) is 0 Å². The number of ether oxygens (including phenoxy) is 2. The molecule has 6 heteroatoms. The number of rotatable bonds is 6. The molecule has 0 saturated carbocycles. The zero-order valence-electron chi connectivity index (χ0n) is 12.2. The first-order chi connectivity index (χ1) is 10.1. The molecule has 0 radical (unpaired) electrons. The van der Waals surface area contributed by atoms with E-state index >= 15 is 0 Å². The molecule has 118 valence electrons. The fraction of sp³-hybridized carbons (Fsp3) is 0.600. The number of fused-ring (bicyclic) bond motifs is 1. The highest BCUT2D eigenvalue weighted by Crippen LogP contribution is 2.38. The van der Waals surface area contributed by atoms with Gasteiger partial charge < -0.3 is 25.0 Å². The maximum atomic E-state index is 9.46. The maximum Gasteiger partial charge on any atom is 0.175 e. The molecule has 0 aliphatic carbocycles. The monoisotopic (exact) mass is 359 g/mol. The van der Waals surface area contributed by atoms with Gasteiger partial charge in [-0.05, 0) is 40.0 Å². The zero-order chi connectivity index (χ0) is 15.3. The Balaban J connectivity index is 2.14. The molecule has 0 unspecified atom stereocenters. The number of benzene rings is 1. The Morgan fingerprint density at radius 2 is 1.95 bits per heavy atom. The lowest BCUT2D eigenvalue weighted by molar-refractivity contribution is 0.0864. The van der Waals surface area contributed by atoms with E-state index in [0.29, 0.717) is 26.2 Å². The first kappa shape index (κ1) is 16.5. The lowest BCUT2D eigenvalue weighted by atomic mass is 9.98. The van der Waals surface area contributed by atoms with E-state index in [1.165, 1.54) is 0 Å². The number of hydrogen-bond acceptors (Lipinski definition) is 5. The topological polar surface area (TPSA) is 71.0 Å². The Morgan fingerprint density at radius 3 is 2.62 bits per heavy atom. The van der Waals surface area contributed by atoms with Crippen LogP contribution in [-0.2, 0) is 6.54 Å². The Morgan fingerprint density at radius 1 is 1.24 bits per heavy atom. The summed E-state index contributed by atoms with van der Waals surface area (Å²) in [5, 5.41) is 22.2. The predicted molar refractivity (Wildman–Crippen MR) is 83.8 cm³/mol. The van der Waals surface area contributed by atoms with Crippen molar-refractivity contribution < 1.29 is 19.7 Å². The molecule has 0 spiro atoms. The summed E-state index contributed by atoms with van der Waals surface area (Å²) in [6, 6.07) is 3.91. The number of aliphatic hydroxyl groups is 2. The van der Waals surface area contributed by atoms with E-state index in [-0.39, 0.29) is 13.2 Å². The van der Waals surface area contributed by atoms with E-state index in [1.807, 2.05) is 19.1 Å². The van der Waals surface area contributed by atoms with Crippen LogP contribution in [0.4, 0.5) is 0 Å². The second kappa shape index (κ2) is 7.45. The summed E-state index contributed by atoms with van der Waals surface area (Å²) in [6.45, 7) is 3.55. The number of halogens is 1. The maximum absolute atomic E-state index is 9.46. The molecule has 0 saturated heterocycles. The van der Waals surface area contributed by atoms with Crippen LogP contribution in [-0.4, -0.2) is 42.2 Å². The molecule has 0 bridgehead atoms. The van der Waals surface area contributed by atoms with Crippen molar-refractivity contribution in [2.45, 2.75) is 31.8 Å². The van der Waals surface area contributed by atoms with Crippen LogP contribution in [0.25, 0.3) is 0 Å². The van der Waals surface area contributed by atoms with Crippen molar-refractivity contribution in [3.05, 3.63) is 22.2 Å². The van der Waals surface area contributed by atoms with E-state index in [2.05, 4.69) is 21.2 Å². The fourth-order valence-electron chi connectivity index (χ4n) is 2.19. The molecule has 5 nitrogen and oxygen atoms in total. The van der Waals surface area contributed by atoms with Crippen molar-refractivity contribution in [2.24, 2.45) is 0 Å². The zero-order valence-corrected chi connectivity index (χ0v) is 13.8. The summed E-state index contributed by atoms with van der Waals surface area (Å²) in [5.41, 5.74) is 0.349. The third-order valence-electron chi connectivity index (χ3n) is 3.81. The highest BCUT2D eigenvalue weighted by molar-refractivity contribution is 9.10. The normalized spacial score (nSPS) is 14.9. The lowest BCUT2D eigenvalue weighted by Gasteiger charge is -2.30. The minimum absolute atomic E-state index is 0.105. The average Bonchev–Trinajstić information content (AvgIpc) is 2.75. The predicted octanol–water partition coefficient (Wildman–Crippen LogP) is 1.83. The van der Waals surface area contributed by atoms with Crippen LogP contribution in [0.2, 0.25) is 0 Å². The van der Waals surface area contributed by atoms with E-state index in [9.17, 15) is 10.2 Å². The van der Waals surface area contributed by atoms with Gasteiger partial charge in [0.1, 0.15) is 0 Å². The molecular formula is C15H22BrNO4. The van der Waals surface area contributed by atoms with Gasteiger partial charge in [0.15, 0.2) is 11.5 Å². The molecule has 1 aromatic rings. The minimum atomic E-state index is -0.656. The minimum Gasteiger partial charge on any atom is -0.490 e. The van der Waals surface area contributed by atoms with Crippen LogP contribution < -0.4 is 14.8 Å². The molecule has 1 aromatic carbocycles. The summed E-state index contributed by atoms with van der Waals surface area (Å²) in [7, 11) is 0.